The van der Waals surface area contributed by atoms with E-state index < -0.39 is 0 Å². The SMILES string of the molecule is Cl.Cl.N=C(N)C1CCCn2ccnc21. The van der Waals surface area contributed by atoms with Gasteiger partial charge in [-0.15, -0.1) is 24.8 Å². The summed E-state index contributed by atoms with van der Waals surface area (Å²) in [4.78, 5) is 4.20. The van der Waals surface area contributed by atoms with Crippen molar-refractivity contribution in [3.05, 3.63) is 18.2 Å². The van der Waals surface area contributed by atoms with Gasteiger partial charge in [-0.2, -0.15) is 0 Å². The minimum atomic E-state index is 0. The summed E-state index contributed by atoms with van der Waals surface area (Å²) in [6.45, 7) is 1.01. The average molecular weight is 237 g/mol. The van der Waals surface area contributed by atoms with Crippen LogP contribution in [0.3, 0.4) is 0 Å². The molecule has 0 saturated heterocycles. The second-order valence-corrected chi connectivity index (χ2v) is 3.13. The molecule has 0 radical (unpaired) electrons. The van der Waals surface area contributed by atoms with E-state index in [1.54, 1.807) is 6.20 Å². The molecule has 0 bridgehead atoms. The number of hydrogen-bond donors (Lipinski definition) is 2. The fraction of sp³-hybridized carbons (Fsp3) is 0.500. The smallest absolute Gasteiger partial charge is 0.119 e. The molecular weight excluding hydrogens is 223 g/mol. The molecule has 0 amide bonds. The number of nitrogens with zero attached hydrogens (tertiary/aromatic N) is 2. The quantitative estimate of drug-likeness (QED) is 0.574. The second kappa shape index (κ2) is 5.22. The van der Waals surface area contributed by atoms with Gasteiger partial charge in [0.25, 0.3) is 0 Å². The molecule has 0 aromatic carbocycles. The van der Waals surface area contributed by atoms with Crippen LogP contribution in [-0.4, -0.2) is 15.4 Å². The molecule has 0 fully saturated rings. The molecule has 1 aliphatic rings. The molecule has 2 rings (SSSR count). The Hall–Kier alpha value is -0.740. The van der Waals surface area contributed by atoms with Crippen molar-refractivity contribution >= 4 is 30.6 Å². The zero-order chi connectivity index (χ0) is 8.55. The standard InChI is InChI=1S/C8H12N4.2ClH/c9-7(10)6-2-1-4-12-5-3-11-8(6)12;;/h3,5-6H,1-2,4H2,(H3,9,10);2*1H. The number of nitrogens with one attached hydrogen (secondary N) is 1. The van der Waals surface area contributed by atoms with E-state index in [9.17, 15) is 0 Å². The van der Waals surface area contributed by atoms with Gasteiger partial charge in [0, 0.05) is 18.9 Å². The third-order valence-corrected chi connectivity index (χ3v) is 2.33. The number of aromatic nitrogens is 2. The van der Waals surface area contributed by atoms with Gasteiger partial charge in [-0.1, -0.05) is 0 Å². The van der Waals surface area contributed by atoms with Crippen LogP contribution in [0.5, 0.6) is 0 Å². The molecule has 14 heavy (non-hydrogen) atoms. The lowest BCUT2D eigenvalue weighted by molar-refractivity contribution is 0.498. The molecule has 6 heteroatoms. The van der Waals surface area contributed by atoms with Gasteiger partial charge in [-0.25, -0.2) is 4.98 Å². The fourth-order valence-electron chi connectivity index (χ4n) is 1.71. The Kier molecular flexibility index (Phi) is 4.94. The highest BCUT2D eigenvalue weighted by atomic mass is 35.5. The minimum Gasteiger partial charge on any atom is -0.387 e. The van der Waals surface area contributed by atoms with Gasteiger partial charge in [0.15, 0.2) is 0 Å². The average Bonchev–Trinajstić information content (AvgIpc) is 2.49. The highest BCUT2D eigenvalue weighted by Crippen LogP contribution is 2.24. The zero-order valence-electron chi connectivity index (χ0n) is 7.64. The van der Waals surface area contributed by atoms with Crippen LogP contribution in [0, 0.1) is 5.41 Å². The number of halogens is 2. The fourth-order valence-corrected chi connectivity index (χ4v) is 1.71. The Balaban J connectivity index is 0.000000845. The van der Waals surface area contributed by atoms with Crippen molar-refractivity contribution in [3.8, 4) is 0 Å². The maximum atomic E-state index is 7.38. The Morgan fingerprint density at radius 3 is 2.93 bits per heavy atom. The number of fused-ring (bicyclic) bond motifs is 1. The van der Waals surface area contributed by atoms with Crippen LogP contribution >= 0.6 is 24.8 Å². The number of aryl methyl sites for hydroxylation is 1. The van der Waals surface area contributed by atoms with Crippen LogP contribution in [-0.2, 0) is 6.54 Å². The third-order valence-electron chi connectivity index (χ3n) is 2.33. The number of amidine groups is 1. The van der Waals surface area contributed by atoms with E-state index in [2.05, 4.69) is 9.55 Å². The predicted molar refractivity (Wildman–Crippen MR) is 60.6 cm³/mol. The van der Waals surface area contributed by atoms with Crippen LogP contribution in [0.25, 0.3) is 0 Å². The van der Waals surface area contributed by atoms with Crippen LogP contribution in [0.4, 0.5) is 0 Å². The van der Waals surface area contributed by atoms with Gasteiger partial charge < -0.3 is 10.3 Å². The van der Waals surface area contributed by atoms with Crippen LogP contribution in [0.2, 0.25) is 0 Å². The number of nitrogens with two attached hydrogens (primary N) is 1. The Morgan fingerprint density at radius 1 is 1.57 bits per heavy atom. The summed E-state index contributed by atoms with van der Waals surface area (Å²) in [5, 5.41) is 7.38. The van der Waals surface area contributed by atoms with Crippen LogP contribution in [0.1, 0.15) is 24.6 Å². The first-order valence-corrected chi connectivity index (χ1v) is 4.14. The lowest BCUT2D eigenvalue weighted by Crippen LogP contribution is -2.27. The maximum absolute atomic E-state index is 7.38. The van der Waals surface area contributed by atoms with E-state index in [1.165, 1.54) is 0 Å². The van der Waals surface area contributed by atoms with E-state index in [4.69, 9.17) is 11.1 Å². The van der Waals surface area contributed by atoms with Crippen molar-refractivity contribution < 1.29 is 0 Å². The minimum absolute atomic E-state index is 0. The van der Waals surface area contributed by atoms with Gasteiger partial charge >= 0.3 is 0 Å². The third kappa shape index (κ3) is 2.19. The van der Waals surface area contributed by atoms with Crippen molar-refractivity contribution in [2.24, 2.45) is 5.73 Å². The van der Waals surface area contributed by atoms with Gasteiger partial charge in [0.2, 0.25) is 0 Å². The lowest BCUT2D eigenvalue weighted by atomic mass is 9.98. The summed E-state index contributed by atoms with van der Waals surface area (Å²) in [5.41, 5.74) is 5.47. The molecular formula is C8H14Cl2N4. The molecule has 1 aliphatic heterocycles. The molecule has 3 N–H and O–H groups in total. The Bertz CT molecular complexity index is 310. The Morgan fingerprint density at radius 2 is 2.29 bits per heavy atom. The molecule has 1 atom stereocenters. The monoisotopic (exact) mass is 236 g/mol. The first-order valence-electron chi connectivity index (χ1n) is 4.14. The van der Waals surface area contributed by atoms with Crippen molar-refractivity contribution in [1.29, 1.82) is 5.41 Å². The summed E-state index contributed by atoms with van der Waals surface area (Å²) < 4.78 is 2.08. The molecule has 1 unspecified atom stereocenters. The van der Waals surface area contributed by atoms with Gasteiger partial charge in [-0.3, -0.25) is 5.41 Å². The highest BCUT2D eigenvalue weighted by molar-refractivity contribution is 5.85. The van der Waals surface area contributed by atoms with E-state index in [1.807, 2.05) is 6.20 Å². The second-order valence-electron chi connectivity index (χ2n) is 3.13. The normalized spacial score (nSPS) is 18.7. The lowest BCUT2D eigenvalue weighted by Gasteiger charge is -2.21. The molecule has 0 saturated carbocycles. The van der Waals surface area contributed by atoms with Crippen LogP contribution < -0.4 is 5.73 Å². The van der Waals surface area contributed by atoms with E-state index in [0.717, 1.165) is 25.2 Å². The molecule has 0 aliphatic carbocycles. The molecule has 0 spiro atoms. The van der Waals surface area contributed by atoms with Gasteiger partial charge in [0.05, 0.1) is 5.92 Å². The largest absolute Gasteiger partial charge is 0.387 e. The molecule has 4 nitrogen and oxygen atoms in total. The number of rotatable bonds is 1. The Labute approximate surface area is 95.2 Å². The topological polar surface area (TPSA) is 67.7 Å². The van der Waals surface area contributed by atoms with E-state index in [0.29, 0.717) is 0 Å². The van der Waals surface area contributed by atoms with Crippen molar-refractivity contribution in [3.63, 3.8) is 0 Å². The summed E-state index contributed by atoms with van der Waals surface area (Å²) in [6.07, 6.45) is 5.78. The number of hydrogen-bond acceptors (Lipinski definition) is 2. The zero-order valence-corrected chi connectivity index (χ0v) is 9.27. The van der Waals surface area contributed by atoms with Crippen molar-refractivity contribution in [2.75, 3.05) is 0 Å². The van der Waals surface area contributed by atoms with Gasteiger partial charge in [0.1, 0.15) is 11.7 Å². The van der Waals surface area contributed by atoms with Crippen molar-refractivity contribution in [2.45, 2.75) is 25.3 Å². The predicted octanol–water partition coefficient (Wildman–Crippen LogP) is 1.54. The summed E-state index contributed by atoms with van der Waals surface area (Å²) in [6, 6.07) is 0. The summed E-state index contributed by atoms with van der Waals surface area (Å²) >= 11 is 0. The van der Waals surface area contributed by atoms with E-state index >= 15 is 0 Å². The first-order chi connectivity index (χ1) is 5.79. The first kappa shape index (κ1) is 13.3. The number of imidazole rings is 1. The molecule has 1 aromatic heterocycles. The summed E-state index contributed by atoms with van der Waals surface area (Å²) in [5.74, 6) is 1.24. The van der Waals surface area contributed by atoms with E-state index in [-0.39, 0.29) is 36.6 Å². The van der Waals surface area contributed by atoms with Gasteiger partial charge in [-0.05, 0) is 12.8 Å². The molecule has 2 heterocycles. The molecule has 1 aromatic rings. The van der Waals surface area contributed by atoms with Crippen LogP contribution in [0.15, 0.2) is 12.4 Å². The highest BCUT2D eigenvalue weighted by Gasteiger charge is 2.23. The maximum Gasteiger partial charge on any atom is 0.119 e. The summed E-state index contributed by atoms with van der Waals surface area (Å²) in [7, 11) is 0. The van der Waals surface area contributed by atoms with Crippen molar-refractivity contribution in [1.82, 2.24) is 9.55 Å². The molecule has 80 valence electrons.